The molecule has 116 valence electrons. The number of carbonyl (C=O) groups is 1. The van der Waals surface area contributed by atoms with Gasteiger partial charge in [-0.2, -0.15) is 4.39 Å². The Labute approximate surface area is 127 Å². The minimum absolute atomic E-state index is 0.0675. The van der Waals surface area contributed by atoms with E-state index < -0.39 is 11.6 Å². The topological polar surface area (TPSA) is 51.2 Å². The van der Waals surface area contributed by atoms with Gasteiger partial charge < -0.3 is 10.1 Å². The number of halogens is 2. The van der Waals surface area contributed by atoms with E-state index in [1.165, 1.54) is 19.2 Å². The smallest absolute Gasteiger partial charge is 0.220 e. The van der Waals surface area contributed by atoms with Crippen LogP contribution in [0.25, 0.3) is 0 Å². The van der Waals surface area contributed by atoms with Gasteiger partial charge in [0.15, 0.2) is 11.6 Å². The average molecular weight is 306 g/mol. The molecule has 0 radical (unpaired) electrons. The fraction of sp³-hybridized carbons (Fsp3) is 0.250. The monoisotopic (exact) mass is 306 g/mol. The number of hydrogen-bond donors (Lipinski definition) is 1. The largest absolute Gasteiger partial charge is 0.494 e. The Morgan fingerprint density at radius 2 is 1.91 bits per heavy atom. The van der Waals surface area contributed by atoms with Crippen LogP contribution in [0.3, 0.4) is 0 Å². The fourth-order valence-electron chi connectivity index (χ4n) is 1.96. The van der Waals surface area contributed by atoms with Crippen LogP contribution in [0.2, 0.25) is 0 Å². The lowest BCUT2D eigenvalue weighted by Crippen LogP contribution is -2.23. The summed E-state index contributed by atoms with van der Waals surface area (Å²) < 4.78 is 32.0. The molecule has 0 spiro atoms. The number of hydrogen-bond acceptors (Lipinski definition) is 3. The predicted octanol–water partition coefficient (Wildman–Crippen LogP) is 2.62. The highest BCUT2D eigenvalue weighted by Gasteiger charge is 2.14. The van der Waals surface area contributed by atoms with Crippen molar-refractivity contribution >= 4 is 5.91 Å². The average Bonchev–Trinajstić information content (AvgIpc) is 2.55. The molecular formula is C16H16F2N2O2. The van der Waals surface area contributed by atoms with Gasteiger partial charge in [0, 0.05) is 30.9 Å². The van der Waals surface area contributed by atoms with Gasteiger partial charge in [0.2, 0.25) is 11.7 Å². The van der Waals surface area contributed by atoms with Crippen LogP contribution in [0, 0.1) is 11.6 Å². The Morgan fingerprint density at radius 1 is 1.18 bits per heavy atom. The fourth-order valence-corrected chi connectivity index (χ4v) is 1.96. The number of nitrogens with one attached hydrogen (secondary N) is 1. The molecule has 1 aromatic carbocycles. The molecule has 4 nitrogen and oxygen atoms in total. The standard InChI is InChI=1S/C16H16F2N2O2/c1-22-13-4-3-12(15(17)16(13)18)10-20-14(21)5-2-11-6-8-19-9-7-11/h3-4,6-9H,2,5,10H2,1H3,(H,20,21). The number of ether oxygens (including phenoxy) is 1. The van der Waals surface area contributed by atoms with Gasteiger partial charge in [-0.1, -0.05) is 6.07 Å². The van der Waals surface area contributed by atoms with Gasteiger partial charge in [0.25, 0.3) is 0 Å². The molecule has 0 aliphatic heterocycles. The van der Waals surface area contributed by atoms with E-state index in [2.05, 4.69) is 15.0 Å². The number of pyridine rings is 1. The maximum atomic E-state index is 13.7. The predicted molar refractivity (Wildman–Crippen MR) is 77.3 cm³/mol. The summed E-state index contributed by atoms with van der Waals surface area (Å²) in [6.45, 7) is -0.0675. The van der Waals surface area contributed by atoms with Gasteiger partial charge in [-0.05, 0) is 30.2 Å². The maximum Gasteiger partial charge on any atom is 0.220 e. The van der Waals surface area contributed by atoms with Gasteiger partial charge in [-0.15, -0.1) is 0 Å². The molecule has 2 rings (SSSR count). The third kappa shape index (κ3) is 4.00. The van der Waals surface area contributed by atoms with E-state index in [1.807, 2.05) is 12.1 Å². The molecule has 0 aliphatic rings. The number of rotatable bonds is 6. The molecule has 1 heterocycles. The normalized spacial score (nSPS) is 10.3. The number of carbonyl (C=O) groups excluding carboxylic acids is 1. The van der Waals surface area contributed by atoms with Gasteiger partial charge in [-0.3, -0.25) is 9.78 Å². The second-order valence-corrected chi connectivity index (χ2v) is 4.69. The lowest BCUT2D eigenvalue weighted by molar-refractivity contribution is -0.121. The first-order chi connectivity index (χ1) is 10.6. The Bertz CT molecular complexity index is 648. The molecule has 0 unspecified atom stereocenters. The van der Waals surface area contributed by atoms with Gasteiger partial charge in [0.1, 0.15) is 0 Å². The first-order valence-electron chi connectivity index (χ1n) is 6.78. The molecule has 0 fully saturated rings. The number of aromatic nitrogens is 1. The number of benzene rings is 1. The first-order valence-corrected chi connectivity index (χ1v) is 6.78. The van der Waals surface area contributed by atoms with Gasteiger partial charge >= 0.3 is 0 Å². The highest BCUT2D eigenvalue weighted by molar-refractivity contribution is 5.76. The van der Waals surface area contributed by atoms with Crippen LogP contribution in [-0.2, 0) is 17.8 Å². The van der Waals surface area contributed by atoms with Crippen molar-refractivity contribution in [1.29, 1.82) is 0 Å². The summed E-state index contributed by atoms with van der Waals surface area (Å²) in [5.41, 5.74) is 1.07. The molecule has 0 bridgehead atoms. The zero-order valence-electron chi connectivity index (χ0n) is 12.1. The summed E-state index contributed by atoms with van der Waals surface area (Å²) in [5.74, 6) is -2.45. The van der Waals surface area contributed by atoms with E-state index in [0.29, 0.717) is 6.42 Å². The summed E-state index contributed by atoms with van der Waals surface area (Å²) in [4.78, 5) is 15.6. The van der Waals surface area contributed by atoms with E-state index in [1.54, 1.807) is 12.4 Å². The molecular weight excluding hydrogens is 290 g/mol. The van der Waals surface area contributed by atoms with Gasteiger partial charge in [-0.25, -0.2) is 4.39 Å². The highest BCUT2D eigenvalue weighted by Crippen LogP contribution is 2.22. The van der Waals surface area contributed by atoms with Crippen molar-refractivity contribution < 1.29 is 18.3 Å². The Balaban J connectivity index is 1.87. The van der Waals surface area contributed by atoms with Gasteiger partial charge in [0.05, 0.1) is 7.11 Å². The molecule has 6 heteroatoms. The highest BCUT2D eigenvalue weighted by atomic mass is 19.2. The van der Waals surface area contributed by atoms with Crippen molar-refractivity contribution in [3.8, 4) is 5.75 Å². The minimum atomic E-state index is -1.05. The Morgan fingerprint density at radius 3 is 2.59 bits per heavy atom. The van der Waals surface area contributed by atoms with Crippen LogP contribution in [0.15, 0.2) is 36.7 Å². The number of amides is 1. The summed E-state index contributed by atoms with van der Waals surface area (Å²) in [6.07, 6.45) is 4.14. The van der Waals surface area contributed by atoms with E-state index >= 15 is 0 Å². The van der Waals surface area contributed by atoms with Crippen LogP contribution in [0.5, 0.6) is 5.75 Å². The van der Waals surface area contributed by atoms with Crippen LogP contribution >= 0.6 is 0 Å². The molecule has 0 aliphatic carbocycles. The first kappa shape index (κ1) is 15.9. The van der Waals surface area contributed by atoms with Crippen molar-refractivity contribution in [3.05, 3.63) is 59.4 Å². The zero-order chi connectivity index (χ0) is 15.9. The minimum Gasteiger partial charge on any atom is -0.494 e. The molecule has 22 heavy (non-hydrogen) atoms. The van der Waals surface area contributed by atoms with Crippen molar-refractivity contribution in [3.63, 3.8) is 0 Å². The number of methoxy groups -OCH3 is 1. The second kappa shape index (κ2) is 7.49. The van der Waals surface area contributed by atoms with Crippen molar-refractivity contribution in [2.75, 3.05) is 7.11 Å². The molecule has 0 saturated carbocycles. The number of aryl methyl sites for hydroxylation is 1. The van der Waals surface area contributed by atoms with Crippen LogP contribution in [0.1, 0.15) is 17.5 Å². The third-order valence-electron chi connectivity index (χ3n) is 3.21. The summed E-state index contributed by atoms with van der Waals surface area (Å²) in [5, 5.41) is 2.57. The number of nitrogens with zero attached hydrogens (tertiary/aromatic N) is 1. The summed E-state index contributed by atoms with van der Waals surface area (Å²) in [7, 11) is 1.26. The second-order valence-electron chi connectivity index (χ2n) is 4.69. The summed E-state index contributed by atoms with van der Waals surface area (Å²) in [6, 6.07) is 6.37. The molecule has 2 aromatic rings. The quantitative estimate of drug-likeness (QED) is 0.892. The molecule has 0 saturated heterocycles. The molecule has 1 amide bonds. The summed E-state index contributed by atoms with van der Waals surface area (Å²) >= 11 is 0. The van der Waals surface area contributed by atoms with E-state index in [9.17, 15) is 13.6 Å². The molecule has 1 aromatic heterocycles. The zero-order valence-corrected chi connectivity index (χ0v) is 12.1. The SMILES string of the molecule is COc1ccc(CNC(=O)CCc2ccncc2)c(F)c1F. The van der Waals surface area contributed by atoms with Crippen molar-refractivity contribution in [2.45, 2.75) is 19.4 Å². The van der Waals surface area contributed by atoms with Crippen molar-refractivity contribution in [2.24, 2.45) is 0 Å². The van der Waals surface area contributed by atoms with Crippen LogP contribution < -0.4 is 10.1 Å². The lowest BCUT2D eigenvalue weighted by Gasteiger charge is -2.09. The van der Waals surface area contributed by atoms with Crippen LogP contribution in [0.4, 0.5) is 8.78 Å². The molecule has 0 atom stereocenters. The van der Waals surface area contributed by atoms with Crippen LogP contribution in [-0.4, -0.2) is 18.0 Å². The maximum absolute atomic E-state index is 13.7. The molecule has 1 N–H and O–H groups in total. The Kier molecular flexibility index (Phi) is 5.41. The van der Waals surface area contributed by atoms with Crippen molar-refractivity contribution in [1.82, 2.24) is 10.3 Å². The third-order valence-corrected chi connectivity index (χ3v) is 3.21. The Hall–Kier alpha value is -2.50. The van der Waals surface area contributed by atoms with E-state index in [0.717, 1.165) is 5.56 Å². The van der Waals surface area contributed by atoms with E-state index in [4.69, 9.17) is 0 Å². The lowest BCUT2D eigenvalue weighted by atomic mass is 10.1. The van der Waals surface area contributed by atoms with E-state index in [-0.39, 0.29) is 30.2 Å².